The zero-order valence-electron chi connectivity index (χ0n) is 21.7. The van der Waals surface area contributed by atoms with Crippen LogP contribution in [0.2, 0.25) is 0 Å². The summed E-state index contributed by atoms with van der Waals surface area (Å²) in [6.07, 6.45) is -4.70. The van der Waals surface area contributed by atoms with Crippen molar-refractivity contribution in [3.63, 3.8) is 0 Å². The third-order valence-electron chi connectivity index (χ3n) is 5.69. The summed E-state index contributed by atoms with van der Waals surface area (Å²) in [6.45, 7) is 12.8. The molecule has 1 aromatic carbocycles. The van der Waals surface area contributed by atoms with Gasteiger partial charge in [0.1, 0.15) is 0 Å². The first kappa shape index (κ1) is 32.7. The maximum absolute atomic E-state index is 12.9. The van der Waals surface area contributed by atoms with E-state index in [1.54, 1.807) is 35.4 Å². The Morgan fingerprint density at radius 3 is 1.97 bits per heavy atom. The minimum Gasteiger partial charge on any atom is -0.400 e. The average Bonchev–Trinajstić information content (AvgIpc) is 3.38. The van der Waals surface area contributed by atoms with Crippen LogP contribution in [-0.2, 0) is 10.3 Å². The first-order valence-corrected chi connectivity index (χ1v) is 13.5. The standard InChI is InChI=1S/C17H19F3N2OS2.C5H11NO.C2H6.CH4O/c1-16(23,17(18,19)20)13-4-6-14(7-5-13)21-8-10-22(11-9-21)25-15-3-2-12-24-15;1-5(2-6)3-7-4-5;2*1-2/h2-7,12,23H,8-11H2,1H3;2-4,6H2,1H3;1-2H3;2H,1H3. The van der Waals surface area contributed by atoms with Gasteiger partial charge in [-0.3, -0.25) is 0 Å². The molecule has 6 nitrogen and oxygen atoms in total. The molecular weight excluding hydrogens is 511 g/mol. The van der Waals surface area contributed by atoms with Crippen LogP contribution in [-0.4, -0.2) is 73.7 Å². The molecule has 4 N–H and O–H groups in total. The van der Waals surface area contributed by atoms with Crippen LogP contribution >= 0.6 is 23.3 Å². The predicted molar refractivity (Wildman–Crippen MR) is 144 cm³/mol. The Kier molecular flexibility index (Phi) is 13.8. The van der Waals surface area contributed by atoms with Crippen LogP contribution in [0, 0.1) is 5.41 Å². The molecule has 2 aliphatic rings. The number of nitrogens with zero attached hydrogens (tertiary/aromatic N) is 2. The Morgan fingerprint density at radius 2 is 1.61 bits per heavy atom. The molecule has 0 bridgehead atoms. The maximum Gasteiger partial charge on any atom is 0.421 e. The monoisotopic (exact) mass is 551 g/mol. The van der Waals surface area contributed by atoms with Crippen LogP contribution in [0.1, 0.15) is 33.3 Å². The lowest BCUT2D eigenvalue weighted by molar-refractivity contribution is -0.258. The number of anilines is 1. The van der Waals surface area contributed by atoms with Crippen molar-refractivity contribution in [3.05, 3.63) is 47.3 Å². The van der Waals surface area contributed by atoms with Gasteiger partial charge in [0.2, 0.25) is 0 Å². The highest BCUT2D eigenvalue weighted by atomic mass is 32.2. The Balaban J connectivity index is 0.000000496. The first-order chi connectivity index (χ1) is 17.0. The van der Waals surface area contributed by atoms with Gasteiger partial charge < -0.3 is 25.6 Å². The zero-order valence-corrected chi connectivity index (χ0v) is 23.3. The summed E-state index contributed by atoms with van der Waals surface area (Å²) in [5.41, 5.74) is 3.61. The molecule has 3 heterocycles. The zero-order chi connectivity index (χ0) is 27.4. The number of nitrogens with two attached hydrogens (primary N) is 1. The van der Waals surface area contributed by atoms with Gasteiger partial charge in [-0.05, 0) is 48.0 Å². The van der Waals surface area contributed by atoms with Gasteiger partial charge in [-0.25, -0.2) is 4.31 Å². The number of alkyl halides is 3. The van der Waals surface area contributed by atoms with E-state index >= 15 is 0 Å². The average molecular weight is 552 g/mol. The molecular formula is C25H40F3N3O3S2. The van der Waals surface area contributed by atoms with Gasteiger partial charge >= 0.3 is 6.18 Å². The molecule has 1 atom stereocenters. The second-order valence-electron chi connectivity index (χ2n) is 8.56. The lowest BCUT2D eigenvalue weighted by Gasteiger charge is -2.36. The van der Waals surface area contributed by atoms with E-state index in [4.69, 9.17) is 15.6 Å². The van der Waals surface area contributed by atoms with Gasteiger partial charge in [0.25, 0.3) is 0 Å². The van der Waals surface area contributed by atoms with E-state index in [0.29, 0.717) is 5.41 Å². The molecule has 0 spiro atoms. The number of hydrogen-bond donors (Lipinski definition) is 3. The predicted octanol–water partition coefficient (Wildman–Crippen LogP) is 4.96. The summed E-state index contributed by atoms with van der Waals surface area (Å²) in [5.74, 6) is 0. The lowest BCUT2D eigenvalue weighted by atomic mass is 9.89. The van der Waals surface area contributed by atoms with Crippen molar-refractivity contribution in [1.82, 2.24) is 4.31 Å². The van der Waals surface area contributed by atoms with Crippen LogP contribution in [0.25, 0.3) is 0 Å². The quantitative estimate of drug-likeness (QED) is 0.453. The fourth-order valence-electron chi connectivity index (χ4n) is 3.21. The Hall–Kier alpha value is -1.34. The van der Waals surface area contributed by atoms with E-state index in [1.165, 1.54) is 16.3 Å². The number of ether oxygens (including phenoxy) is 1. The second-order valence-corrected chi connectivity index (χ2v) is 10.9. The van der Waals surface area contributed by atoms with E-state index < -0.39 is 11.8 Å². The molecule has 2 fully saturated rings. The van der Waals surface area contributed by atoms with Crippen LogP contribution in [0.3, 0.4) is 0 Å². The van der Waals surface area contributed by atoms with Crippen LogP contribution in [0.5, 0.6) is 0 Å². The number of piperazine rings is 1. The third kappa shape index (κ3) is 9.20. The molecule has 2 saturated heterocycles. The number of thiophene rings is 1. The summed E-state index contributed by atoms with van der Waals surface area (Å²) in [6, 6.07) is 10.1. The van der Waals surface area contributed by atoms with Gasteiger partial charge in [-0.1, -0.05) is 39.0 Å². The molecule has 1 aromatic heterocycles. The van der Waals surface area contributed by atoms with Crippen LogP contribution < -0.4 is 10.6 Å². The smallest absolute Gasteiger partial charge is 0.400 e. The summed E-state index contributed by atoms with van der Waals surface area (Å²) >= 11 is 3.46. The summed E-state index contributed by atoms with van der Waals surface area (Å²) < 4.78 is 47.2. The number of benzene rings is 1. The Labute approximate surface area is 221 Å². The highest BCUT2D eigenvalue weighted by Gasteiger charge is 2.51. The molecule has 2 aliphatic heterocycles. The number of hydrogen-bond acceptors (Lipinski definition) is 8. The van der Waals surface area contributed by atoms with Crippen molar-refractivity contribution < 1.29 is 28.1 Å². The molecule has 11 heteroatoms. The lowest BCUT2D eigenvalue weighted by Crippen LogP contribution is -2.45. The molecule has 0 aliphatic carbocycles. The highest BCUT2D eigenvalue weighted by Crippen LogP contribution is 2.39. The molecule has 0 amide bonds. The van der Waals surface area contributed by atoms with Crippen molar-refractivity contribution in [2.75, 3.05) is 57.9 Å². The number of halogens is 3. The van der Waals surface area contributed by atoms with Crippen molar-refractivity contribution >= 4 is 29.0 Å². The van der Waals surface area contributed by atoms with Crippen molar-refractivity contribution in [3.8, 4) is 0 Å². The van der Waals surface area contributed by atoms with Gasteiger partial charge in [0, 0.05) is 50.9 Å². The number of aliphatic hydroxyl groups is 2. The van der Waals surface area contributed by atoms with Gasteiger partial charge in [0.05, 0.1) is 17.4 Å². The Bertz CT molecular complexity index is 833. The van der Waals surface area contributed by atoms with E-state index in [1.807, 2.05) is 19.9 Å². The summed E-state index contributed by atoms with van der Waals surface area (Å²) in [4.78, 5) is 2.15. The molecule has 2 aromatic rings. The van der Waals surface area contributed by atoms with E-state index in [-0.39, 0.29) is 5.56 Å². The van der Waals surface area contributed by atoms with Gasteiger partial charge in [0.15, 0.2) is 5.60 Å². The second kappa shape index (κ2) is 15.2. The molecule has 0 radical (unpaired) electrons. The number of aliphatic hydroxyl groups excluding tert-OH is 1. The Morgan fingerprint density at radius 1 is 1.06 bits per heavy atom. The molecule has 1 unspecified atom stereocenters. The minimum absolute atomic E-state index is 0.143. The fraction of sp³-hybridized carbons (Fsp3) is 0.600. The SMILES string of the molecule is CC.CC(O)(c1ccc(N2CCN(Sc3cccs3)CC2)cc1)C(F)(F)F.CC1(CN)COC1.CO. The molecule has 4 rings (SSSR count). The maximum atomic E-state index is 12.9. The molecule has 0 saturated carbocycles. The number of rotatable bonds is 5. The largest absolute Gasteiger partial charge is 0.421 e. The van der Waals surface area contributed by atoms with Gasteiger partial charge in [-0.15, -0.1) is 11.3 Å². The summed E-state index contributed by atoms with van der Waals surface area (Å²) in [7, 11) is 1.00. The highest BCUT2D eigenvalue weighted by molar-refractivity contribution is 7.98. The first-order valence-electron chi connectivity index (χ1n) is 11.9. The van der Waals surface area contributed by atoms with Crippen molar-refractivity contribution in [2.24, 2.45) is 11.1 Å². The molecule has 206 valence electrons. The minimum atomic E-state index is -4.70. The topological polar surface area (TPSA) is 82.2 Å². The van der Waals surface area contributed by atoms with E-state index in [0.717, 1.165) is 65.7 Å². The fourth-order valence-corrected chi connectivity index (χ4v) is 5.05. The molecule has 36 heavy (non-hydrogen) atoms. The van der Waals surface area contributed by atoms with Crippen molar-refractivity contribution in [2.45, 2.75) is 43.7 Å². The van der Waals surface area contributed by atoms with E-state index in [9.17, 15) is 18.3 Å². The van der Waals surface area contributed by atoms with Crippen molar-refractivity contribution in [1.29, 1.82) is 0 Å². The van der Waals surface area contributed by atoms with Crippen LogP contribution in [0.4, 0.5) is 18.9 Å². The third-order valence-corrected chi connectivity index (χ3v) is 7.81. The van der Waals surface area contributed by atoms with E-state index in [2.05, 4.69) is 27.6 Å². The van der Waals surface area contributed by atoms with Crippen LogP contribution in [0.15, 0.2) is 46.0 Å². The summed E-state index contributed by atoms with van der Waals surface area (Å²) in [5, 5.41) is 18.8. The van der Waals surface area contributed by atoms with Gasteiger partial charge in [-0.2, -0.15) is 13.2 Å². The normalized spacial score (nSPS) is 18.7.